The lowest BCUT2D eigenvalue weighted by Gasteiger charge is -2.17. The van der Waals surface area contributed by atoms with E-state index in [1.165, 1.54) is 38.5 Å². The quantitative estimate of drug-likeness (QED) is 0.796. The van der Waals surface area contributed by atoms with E-state index < -0.39 is 0 Å². The summed E-state index contributed by atoms with van der Waals surface area (Å²) in [6, 6.07) is 11.9. The van der Waals surface area contributed by atoms with Crippen LogP contribution in [0.1, 0.15) is 54.4 Å². The summed E-state index contributed by atoms with van der Waals surface area (Å²) in [6.07, 6.45) is 9.56. The highest BCUT2D eigenvalue weighted by molar-refractivity contribution is 6.03. The summed E-state index contributed by atoms with van der Waals surface area (Å²) in [6.45, 7) is 1.98. The molecule has 0 radical (unpaired) electrons. The van der Waals surface area contributed by atoms with Crippen molar-refractivity contribution in [2.75, 3.05) is 10.6 Å². The van der Waals surface area contributed by atoms with Gasteiger partial charge in [-0.3, -0.25) is 4.79 Å². The molecule has 0 atom stereocenters. The van der Waals surface area contributed by atoms with Crippen molar-refractivity contribution in [1.29, 1.82) is 0 Å². The number of anilines is 2. The Morgan fingerprint density at radius 2 is 1.88 bits per heavy atom. The predicted octanol–water partition coefficient (Wildman–Crippen LogP) is 4.78. The van der Waals surface area contributed by atoms with Crippen molar-refractivity contribution in [2.45, 2.75) is 51.5 Å². The van der Waals surface area contributed by atoms with Gasteiger partial charge in [0.05, 0.1) is 11.9 Å². The molecule has 2 aromatic rings. The van der Waals surface area contributed by atoms with E-state index in [0.29, 0.717) is 17.4 Å². The molecule has 0 spiro atoms. The number of aromatic nitrogens is 1. The van der Waals surface area contributed by atoms with E-state index in [2.05, 4.69) is 15.6 Å². The Bertz CT molecular complexity index is 674. The molecular formula is C20H25N3O. The number of benzene rings is 1. The minimum Gasteiger partial charge on any atom is -0.381 e. The largest absolute Gasteiger partial charge is 0.381 e. The minimum atomic E-state index is -0.129. The molecule has 1 aliphatic rings. The molecule has 1 aromatic carbocycles. The van der Waals surface area contributed by atoms with Crippen molar-refractivity contribution in [3.8, 4) is 0 Å². The highest BCUT2D eigenvalue weighted by Crippen LogP contribution is 2.21. The van der Waals surface area contributed by atoms with Crippen LogP contribution in [0.15, 0.2) is 42.6 Å². The molecule has 0 saturated heterocycles. The molecule has 1 aromatic heterocycles. The number of nitrogens with zero attached hydrogens (tertiary/aromatic N) is 1. The van der Waals surface area contributed by atoms with E-state index in [1.807, 2.05) is 43.3 Å². The second kappa shape index (κ2) is 7.95. The van der Waals surface area contributed by atoms with Crippen LogP contribution < -0.4 is 10.6 Å². The number of amides is 1. The molecule has 126 valence electrons. The van der Waals surface area contributed by atoms with Crippen LogP contribution in [0.5, 0.6) is 0 Å². The van der Waals surface area contributed by atoms with Gasteiger partial charge in [0.1, 0.15) is 5.82 Å². The maximum Gasteiger partial charge on any atom is 0.256 e. The van der Waals surface area contributed by atoms with Crippen LogP contribution in [0.3, 0.4) is 0 Å². The van der Waals surface area contributed by atoms with Crippen LogP contribution in [0.25, 0.3) is 0 Å². The zero-order valence-electron chi connectivity index (χ0n) is 14.2. The smallest absolute Gasteiger partial charge is 0.256 e. The molecule has 1 fully saturated rings. The van der Waals surface area contributed by atoms with E-state index in [0.717, 1.165) is 11.3 Å². The number of pyridine rings is 1. The predicted molar refractivity (Wildman–Crippen MR) is 98.5 cm³/mol. The Morgan fingerprint density at radius 1 is 1.08 bits per heavy atom. The van der Waals surface area contributed by atoms with Crippen molar-refractivity contribution in [1.82, 2.24) is 4.98 Å². The van der Waals surface area contributed by atoms with Crippen LogP contribution in [-0.2, 0) is 0 Å². The summed E-state index contributed by atoms with van der Waals surface area (Å²) in [5, 5.41) is 6.41. The third-order valence-corrected chi connectivity index (χ3v) is 4.51. The molecule has 1 heterocycles. The third kappa shape index (κ3) is 4.57. The fourth-order valence-corrected chi connectivity index (χ4v) is 3.19. The Kier molecular flexibility index (Phi) is 5.47. The van der Waals surface area contributed by atoms with Gasteiger partial charge in [0.15, 0.2) is 0 Å². The zero-order valence-corrected chi connectivity index (χ0v) is 14.2. The number of nitrogens with one attached hydrogen (secondary N) is 2. The lowest BCUT2D eigenvalue weighted by Crippen LogP contribution is -2.18. The molecule has 1 saturated carbocycles. The average molecular weight is 323 g/mol. The minimum absolute atomic E-state index is 0.129. The molecule has 4 nitrogen and oxygen atoms in total. The van der Waals surface area contributed by atoms with Crippen molar-refractivity contribution in [3.63, 3.8) is 0 Å². The van der Waals surface area contributed by atoms with E-state index in [4.69, 9.17) is 0 Å². The maximum atomic E-state index is 12.2. The summed E-state index contributed by atoms with van der Waals surface area (Å²) in [7, 11) is 0. The number of carbonyl (C=O) groups excluding carboxylic acids is 1. The Labute approximate surface area is 143 Å². The maximum absolute atomic E-state index is 12.2. The van der Waals surface area contributed by atoms with Gasteiger partial charge in [-0.15, -0.1) is 0 Å². The Balaban J connectivity index is 1.58. The second-order valence-electron chi connectivity index (χ2n) is 6.59. The van der Waals surface area contributed by atoms with Gasteiger partial charge in [0.25, 0.3) is 5.91 Å². The number of carbonyl (C=O) groups is 1. The summed E-state index contributed by atoms with van der Waals surface area (Å²) in [4.78, 5) is 16.6. The van der Waals surface area contributed by atoms with E-state index in [1.54, 1.807) is 6.20 Å². The van der Waals surface area contributed by atoms with Gasteiger partial charge in [0.2, 0.25) is 0 Å². The highest BCUT2D eigenvalue weighted by Gasteiger charge is 2.12. The lowest BCUT2D eigenvalue weighted by molar-refractivity contribution is 0.102. The zero-order chi connectivity index (χ0) is 16.8. The highest BCUT2D eigenvalue weighted by atomic mass is 16.1. The summed E-state index contributed by atoms with van der Waals surface area (Å²) in [5.74, 6) is 0.448. The van der Waals surface area contributed by atoms with Crippen LogP contribution in [0.4, 0.5) is 11.5 Å². The first-order chi connectivity index (χ1) is 11.7. The van der Waals surface area contributed by atoms with Gasteiger partial charge in [-0.1, -0.05) is 43.4 Å². The van der Waals surface area contributed by atoms with E-state index >= 15 is 0 Å². The number of aryl methyl sites for hydroxylation is 1. The molecule has 0 bridgehead atoms. The number of rotatable bonds is 4. The fraction of sp³-hybridized carbons (Fsp3) is 0.400. The first-order valence-corrected chi connectivity index (χ1v) is 8.81. The van der Waals surface area contributed by atoms with E-state index in [-0.39, 0.29) is 5.91 Å². The van der Waals surface area contributed by atoms with Crippen LogP contribution in [0, 0.1) is 6.92 Å². The molecule has 4 heteroatoms. The average Bonchev–Trinajstić information content (AvgIpc) is 2.85. The van der Waals surface area contributed by atoms with Crippen LogP contribution in [-0.4, -0.2) is 16.9 Å². The van der Waals surface area contributed by atoms with Gasteiger partial charge in [-0.25, -0.2) is 4.98 Å². The van der Waals surface area contributed by atoms with Crippen molar-refractivity contribution in [3.05, 3.63) is 53.7 Å². The molecular weight excluding hydrogens is 298 g/mol. The van der Waals surface area contributed by atoms with Crippen molar-refractivity contribution < 1.29 is 4.79 Å². The van der Waals surface area contributed by atoms with Crippen molar-refractivity contribution >= 4 is 17.4 Å². The monoisotopic (exact) mass is 323 g/mol. The Hall–Kier alpha value is -2.36. The standard InChI is InChI=1S/C20H25N3O/c1-15-7-6-8-16(13-15)20(24)23-19-12-11-18(14-21-19)22-17-9-4-2-3-5-10-17/h6-8,11-14,17,22H,2-5,9-10H2,1H3,(H,21,23,24). The van der Waals surface area contributed by atoms with Gasteiger partial charge >= 0.3 is 0 Å². The van der Waals surface area contributed by atoms with Gasteiger partial charge in [0, 0.05) is 11.6 Å². The second-order valence-corrected chi connectivity index (χ2v) is 6.59. The van der Waals surface area contributed by atoms with Gasteiger partial charge in [-0.2, -0.15) is 0 Å². The molecule has 1 aliphatic carbocycles. The van der Waals surface area contributed by atoms with Crippen molar-refractivity contribution in [2.24, 2.45) is 0 Å². The van der Waals surface area contributed by atoms with Crippen LogP contribution >= 0.6 is 0 Å². The molecule has 3 rings (SSSR count). The van der Waals surface area contributed by atoms with Crippen LogP contribution in [0.2, 0.25) is 0 Å². The molecule has 0 unspecified atom stereocenters. The summed E-state index contributed by atoms with van der Waals surface area (Å²) >= 11 is 0. The number of hydrogen-bond acceptors (Lipinski definition) is 3. The third-order valence-electron chi connectivity index (χ3n) is 4.51. The SMILES string of the molecule is Cc1cccc(C(=O)Nc2ccc(NC3CCCCCC3)cn2)c1. The summed E-state index contributed by atoms with van der Waals surface area (Å²) < 4.78 is 0. The van der Waals surface area contributed by atoms with E-state index in [9.17, 15) is 4.79 Å². The summed E-state index contributed by atoms with van der Waals surface area (Å²) in [5.41, 5.74) is 2.74. The molecule has 2 N–H and O–H groups in total. The first-order valence-electron chi connectivity index (χ1n) is 8.81. The molecule has 1 amide bonds. The lowest BCUT2D eigenvalue weighted by atomic mass is 10.1. The first kappa shape index (κ1) is 16.5. The Morgan fingerprint density at radius 3 is 2.54 bits per heavy atom. The topological polar surface area (TPSA) is 54.0 Å². The van der Waals surface area contributed by atoms with Gasteiger partial charge < -0.3 is 10.6 Å². The normalized spacial score (nSPS) is 15.5. The fourth-order valence-electron chi connectivity index (χ4n) is 3.19. The van der Waals surface area contributed by atoms with Gasteiger partial charge in [-0.05, 0) is 44.0 Å². The number of hydrogen-bond donors (Lipinski definition) is 2. The molecule has 0 aliphatic heterocycles. The molecule has 24 heavy (non-hydrogen) atoms.